The second kappa shape index (κ2) is 18.3. The fourth-order valence-electron chi connectivity index (χ4n) is 0.761. The Balaban J connectivity index is 0. The Kier molecular flexibility index (Phi) is 18.5. The van der Waals surface area contributed by atoms with Crippen LogP contribution in [0.15, 0.2) is 74.4 Å². The zero-order chi connectivity index (χ0) is 14.8. The molecule has 0 aliphatic heterocycles. The summed E-state index contributed by atoms with van der Waals surface area (Å²) in [5.74, 6) is -0.330. The van der Waals surface area contributed by atoms with Crippen LogP contribution in [0, 0.1) is 0 Å². The van der Waals surface area contributed by atoms with E-state index in [1.165, 1.54) is 6.08 Å². The number of rotatable bonds is 5. The van der Waals surface area contributed by atoms with E-state index in [1.54, 1.807) is 12.2 Å². The van der Waals surface area contributed by atoms with E-state index >= 15 is 0 Å². The van der Waals surface area contributed by atoms with Crippen molar-refractivity contribution in [2.45, 2.75) is 19.8 Å². The van der Waals surface area contributed by atoms with Gasteiger partial charge in [-0.2, -0.15) is 0 Å². The van der Waals surface area contributed by atoms with Crippen molar-refractivity contribution in [3.8, 4) is 0 Å². The van der Waals surface area contributed by atoms with Crippen LogP contribution in [-0.4, -0.2) is 12.6 Å². The van der Waals surface area contributed by atoms with Gasteiger partial charge in [-0.25, -0.2) is 4.79 Å². The molecular formula is C17H24O2. The van der Waals surface area contributed by atoms with E-state index in [0.717, 1.165) is 12.8 Å². The van der Waals surface area contributed by atoms with Crippen molar-refractivity contribution in [1.29, 1.82) is 0 Å². The molecule has 104 valence electrons. The van der Waals surface area contributed by atoms with E-state index in [-0.39, 0.29) is 5.97 Å². The van der Waals surface area contributed by atoms with Crippen molar-refractivity contribution in [2.75, 3.05) is 6.61 Å². The summed E-state index contributed by atoms with van der Waals surface area (Å²) >= 11 is 0. The van der Waals surface area contributed by atoms with E-state index in [2.05, 4.69) is 24.5 Å². The van der Waals surface area contributed by atoms with Gasteiger partial charge in [-0.05, 0) is 6.42 Å². The van der Waals surface area contributed by atoms with Gasteiger partial charge in [-0.15, -0.1) is 0 Å². The predicted molar refractivity (Wildman–Crippen MR) is 82.9 cm³/mol. The summed E-state index contributed by atoms with van der Waals surface area (Å²) in [5.41, 5.74) is 0. The van der Waals surface area contributed by atoms with Crippen LogP contribution >= 0.6 is 0 Å². The maximum Gasteiger partial charge on any atom is 0.330 e. The molecule has 0 aliphatic rings. The van der Waals surface area contributed by atoms with E-state index in [4.69, 9.17) is 0 Å². The molecule has 0 saturated carbocycles. The molecule has 0 fully saturated rings. The Bertz CT molecular complexity index is 296. The first-order valence-corrected chi connectivity index (χ1v) is 6.25. The van der Waals surface area contributed by atoms with Gasteiger partial charge in [-0.3, -0.25) is 0 Å². The van der Waals surface area contributed by atoms with Gasteiger partial charge in [0.25, 0.3) is 0 Å². The second-order valence-corrected chi connectivity index (χ2v) is 3.35. The Morgan fingerprint density at radius 3 is 1.68 bits per heavy atom. The second-order valence-electron chi connectivity index (χ2n) is 3.35. The highest BCUT2D eigenvalue weighted by Gasteiger charge is 1.91. The summed E-state index contributed by atoms with van der Waals surface area (Å²) in [6.45, 7) is 12.5. The molecule has 0 aliphatic carbocycles. The van der Waals surface area contributed by atoms with E-state index < -0.39 is 0 Å². The summed E-state index contributed by atoms with van der Waals surface area (Å²) < 4.78 is 4.67. The fraction of sp³-hybridized carbons (Fsp3) is 0.235. The topological polar surface area (TPSA) is 26.3 Å². The minimum absolute atomic E-state index is 0.330. The minimum Gasteiger partial charge on any atom is -0.463 e. The Hall–Kier alpha value is -2.09. The molecule has 1 aromatic rings. The lowest BCUT2D eigenvalue weighted by atomic mass is 10.4. The number of carbonyl (C=O) groups excluding carboxylic acids is 1. The third-order valence-corrected chi connectivity index (χ3v) is 1.74. The normalized spacial score (nSPS) is 7.63. The molecule has 19 heavy (non-hydrogen) atoms. The number of carbonyl (C=O) groups is 1. The van der Waals surface area contributed by atoms with Gasteiger partial charge in [-0.1, -0.05) is 81.6 Å². The molecule has 0 heterocycles. The van der Waals surface area contributed by atoms with Gasteiger partial charge in [0, 0.05) is 6.08 Å². The van der Waals surface area contributed by atoms with Gasteiger partial charge in [0.2, 0.25) is 0 Å². The molecule has 0 bridgehead atoms. The lowest BCUT2D eigenvalue weighted by molar-refractivity contribution is -0.137. The summed E-state index contributed by atoms with van der Waals surface area (Å²) in [6.07, 6.45) is 6.43. The van der Waals surface area contributed by atoms with Crippen LogP contribution in [0.2, 0.25) is 0 Å². The first kappa shape index (κ1) is 19.3. The highest BCUT2D eigenvalue weighted by Crippen LogP contribution is 1.88. The third-order valence-electron chi connectivity index (χ3n) is 1.74. The summed E-state index contributed by atoms with van der Waals surface area (Å²) in [4.78, 5) is 10.3. The number of ether oxygens (including phenoxy) is 1. The van der Waals surface area contributed by atoms with Crippen molar-refractivity contribution in [3.05, 3.63) is 74.4 Å². The standard InChI is InChI=1S/C7H12O2.C6H6.C4H6/c1-3-5-6-9-7(8)4-2;1-2-4-6-5-3-1;1-3-4-2/h4H,2-3,5-6H2,1H3;1-6H;3-4H,1-2H2. The predicted octanol–water partition coefficient (Wildman–Crippen LogP) is 4.56. The molecule has 0 saturated heterocycles. The number of hydrogen-bond acceptors (Lipinski definition) is 2. The lowest BCUT2D eigenvalue weighted by Crippen LogP contribution is -2.00. The largest absolute Gasteiger partial charge is 0.463 e. The molecule has 0 radical (unpaired) electrons. The Labute approximate surface area is 117 Å². The number of esters is 1. The van der Waals surface area contributed by atoms with Crippen LogP contribution < -0.4 is 0 Å². The maximum absolute atomic E-state index is 10.3. The van der Waals surface area contributed by atoms with Crippen LogP contribution in [0.5, 0.6) is 0 Å². The van der Waals surface area contributed by atoms with Crippen molar-refractivity contribution in [1.82, 2.24) is 0 Å². The summed E-state index contributed by atoms with van der Waals surface area (Å²) in [7, 11) is 0. The molecule has 0 amide bonds. The first-order valence-electron chi connectivity index (χ1n) is 6.25. The number of unbranched alkanes of at least 4 members (excludes halogenated alkanes) is 1. The quantitative estimate of drug-likeness (QED) is 0.336. The van der Waals surface area contributed by atoms with Crippen molar-refractivity contribution >= 4 is 5.97 Å². The van der Waals surface area contributed by atoms with Crippen LogP contribution in [0.4, 0.5) is 0 Å². The van der Waals surface area contributed by atoms with Gasteiger partial charge < -0.3 is 4.74 Å². The smallest absolute Gasteiger partial charge is 0.330 e. The zero-order valence-corrected chi connectivity index (χ0v) is 11.8. The first-order chi connectivity index (χ1) is 9.22. The molecule has 0 aromatic heterocycles. The molecule has 2 heteroatoms. The number of allylic oxidation sites excluding steroid dienone is 2. The van der Waals surface area contributed by atoms with E-state index in [0.29, 0.717) is 6.61 Å². The molecule has 0 unspecified atom stereocenters. The average Bonchev–Trinajstić information content (AvgIpc) is 2.50. The maximum atomic E-state index is 10.3. The molecule has 0 spiro atoms. The molecule has 2 nitrogen and oxygen atoms in total. The van der Waals surface area contributed by atoms with Crippen LogP contribution in [0.25, 0.3) is 0 Å². The van der Waals surface area contributed by atoms with Gasteiger partial charge in [0.1, 0.15) is 0 Å². The highest BCUT2D eigenvalue weighted by atomic mass is 16.5. The van der Waals surface area contributed by atoms with E-state index in [1.807, 2.05) is 43.3 Å². The average molecular weight is 260 g/mol. The Morgan fingerprint density at radius 1 is 1.00 bits per heavy atom. The van der Waals surface area contributed by atoms with Crippen molar-refractivity contribution < 1.29 is 9.53 Å². The number of hydrogen-bond donors (Lipinski definition) is 0. The van der Waals surface area contributed by atoms with Gasteiger partial charge in [0.15, 0.2) is 0 Å². The van der Waals surface area contributed by atoms with E-state index in [9.17, 15) is 4.79 Å². The van der Waals surface area contributed by atoms with Gasteiger partial charge >= 0.3 is 5.97 Å². The summed E-state index contributed by atoms with van der Waals surface area (Å²) in [6, 6.07) is 12.0. The zero-order valence-electron chi connectivity index (χ0n) is 11.8. The summed E-state index contributed by atoms with van der Waals surface area (Å²) in [5, 5.41) is 0. The minimum atomic E-state index is -0.330. The third kappa shape index (κ3) is 21.7. The van der Waals surface area contributed by atoms with Crippen LogP contribution in [0.3, 0.4) is 0 Å². The highest BCUT2D eigenvalue weighted by molar-refractivity contribution is 5.81. The monoisotopic (exact) mass is 260 g/mol. The van der Waals surface area contributed by atoms with Crippen molar-refractivity contribution in [3.63, 3.8) is 0 Å². The molecule has 0 atom stereocenters. The molecule has 0 N–H and O–H groups in total. The molecular weight excluding hydrogens is 236 g/mol. The SMILES string of the molecule is C=CC(=O)OCCCC.C=CC=C.c1ccccc1. The van der Waals surface area contributed by atoms with Crippen molar-refractivity contribution in [2.24, 2.45) is 0 Å². The lowest BCUT2D eigenvalue weighted by Gasteiger charge is -1.97. The number of benzene rings is 1. The van der Waals surface area contributed by atoms with Crippen LogP contribution in [0.1, 0.15) is 19.8 Å². The van der Waals surface area contributed by atoms with Gasteiger partial charge in [0.05, 0.1) is 6.61 Å². The Morgan fingerprint density at radius 2 is 1.42 bits per heavy atom. The fourth-order valence-corrected chi connectivity index (χ4v) is 0.761. The molecule has 1 rings (SSSR count). The van der Waals surface area contributed by atoms with Crippen LogP contribution in [-0.2, 0) is 9.53 Å². The molecule has 1 aromatic carbocycles.